The molecule has 3 nitrogen and oxygen atoms in total. The lowest BCUT2D eigenvalue weighted by Crippen LogP contribution is -2.20. The highest BCUT2D eigenvalue weighted by Gasteiger charge is 2.18. The van der Waals surface area contributed by atoms with Gasteiger partial charge in [0.15, 0.2) is 0 Å². The molecule has 0 aliphatic carbocycles. The van der Waals surface area contributed by atoms with E-state index in [2.05, 4.69) is 29.1 Å². The van der Waals surface area contributed by atoms with Gasteiger partial charge in [-0.15, -0.1) is 0 Å². The molecule has 2 rings (SSSR count). The number of halogens is 1. The summed E-state index contributed by atoms with van der Waals surface area (Å²) in [5, 5.41) is 4.06. The highest BCUT2D eigenvalue weighted by molar-refractivity contribution is 7.99. The molecule has 1 aliphatic heterocycles. The summed E-state index contributed by atoms with van der Waals surface area (Å²) in [5.41, 5.74) is 0.952. The smallest absolute Gasteiger partial charge is 0.137 e. The largest absolute Gasteiger partial charge is 0.366 e. The second-order valence-electron chi connectivity index (χ2n) is 4.71. The summed E-state index contributed by atoms with van der Waals surface area (Å²) in [5.74, 6) is 4.39. The fourth-order valence-corrected chi connectivity index (χ4v) is 3.07. The van der Waals surface area contributed by atoms with Crippen LogP contribution in [0.2, 0.25) is 5.15 Å². The molecule has 94 valence electrons. The molecule has 1 atom stereocenters. The summed E-state index contributed by atoms with van der Waals surface area (Å²) < 4.78 is 0. The molecule has 1 N–H and O–H groups in total. The molecule has 0 spiro atoms. The van der Waals surface area contributed by atoms with Crippen LogP contribution in [-0.2, 0) is 0 Å². The van der Waals surface area contributed by atoms with Crippen LogP contribution in [0.4, 0.5) is 5.82 Å². The van der Waals surface area contributed by atoms with Crippen molar-refractivity contribution in [1.29, 1.82) is 0 Å². The Morgan fingerprint density at radius 1 is 1.41 bits per heavy atom. The van der Waals surface area contributed by atoms with E-state index in [1.54, 1.807) is 0 Å². The topological polar surface area (TPSA) is 37.8 Å². The molecule has 0 radical (unpaired) electrons. The quantitative estimate of drug-likeness (QED) is 0.854. The molecule has 5 heteroatoms. The Morgan fingerprint density at radius 3 is 2.76 bits per heavy atom. The third-order valence-electron chi connectivity index (χ3n) is 2.89. The first-order valence-corrected chi connectivity index (χ1v) is 7.49. The highest BCUT2D eigenvalue weighted by atomic mass is 35.5. The second kappa shape index (κ2) is 5.44. The Morgan fingerprint density at radius 2 is 2.18 bits per heavy atom. The standard InChI is InChI=1S/C12H18ClN3S/c1-7(2)11-15-10(13)8(3)12(16-11)14-9-4-5-17-6-9/h7,9H,4-6H2,1-3H3,(H,14,15,16). The fourth-order valence-electron chi connectivity index (χ4n) is 1.75. The number of hydrogen-bond acceptors (Lipinski definition) is 4. The van der Waals surface area contributed by atoms with E-state index in [9.17, 15) is 0 Å². The van der Waals surface area contributed by atoms with Gasteiger partial charge in [0, 0.05) is 23.3 Å². The molecule has 0 aromatic carbocycles. The maximum absolute atomic E-state index is 6.15. The van der Waals surface area contributed by atoms with Gasteiger partial charge in [-0.05, 0) is 19.1 Å². The van der Waals surface area contributed by atoms with E-state index in [1.807, 2.05) is 18.7 Å². The van der Waals surface area contributed by atoms with Crippen molar-refractivity contribution in [2.24, 2.45) is 0 Å². The van der Waals surface area contributed by atoms with E-state index in [0.29, 0.717) is 17.1 Å². The normalized spacial score (nSPS) is 19.9. The van der Waals surface area contributed by atoms with Crippen molar-refractivity contribution in [3.05, 3.63) is 16.5 Å². The number of hydrogen-bond donors (Lipinski definition) is 1. The van der Waals surface area contributed by atoms with Crippen LogP contribution in [-0.4, -0.2) is 27.5 Å². The molecule has 0 bridgehead atoms. The Hall–Kier alpha value is -0.480. The Bertz CT molecular complexity index is 403. The predicted octanol–water partition coefficient (Wildman–Crippen LogP) is 3.48. The molecule has 1 aliphatic rings. The van der Waals surface area contributed by atoms with Gasteiger partial charge in [-0.2, -0.15) is 11.8 Å². The SMILES string of the molecule is Cc1c(Cl)nc(C(C)C)nc1NC1CCSC1. The van der Waals surface area contributed by atoms with E-state index in [0.717, 1.165) is 23.0 Å². The van der Waals surface area contributed by atoms with Crippen LogP contribution < -0.4 is 5.32 Å². The highest BCUT2D eigenvalue weighted by Crippen LogP contribution is 2.26. The minimum Gasteiger partial charge on any atom is -0.366 e. The molecule has 2 heterocycles. The van der Waals surface area contributed by atoms with Gasteiger partial charge in [-0.25, -0.2) is 9.97 Å². The molecule has 0 saturated carbocycles. The molecule has 1 aromatic heterocycles. The average Bonchev–Trinajstić information content (AvgIpc) is 2.77. The van der Waals surface area contributed by atoms with Crippen molar-refractivity contribution in [2.75, 3.05) is 16.8 Å². The number of rotatable bonds is 3. The van der Waals surface area contributed by atoms with Crippen molar-refractivity contribution < 1.29 is 0 Å². The van der Waals surface area contributed by atoms with Crippen LogP contribution >= 0.6 is 23.4 Å². The third kappa shape index (κ3) is 3.05. The molecule has 1 fully saturated rings. The van der Waals surface area contributed by atoms with Gasteiger partial charge in [-0.3, -0.25) is 0 Å². The zero-order valence-corrected chi connectivity index (χ0v) is 12.0. The summed E-state index contributed by atoms with van der Waals surface area (Å²) in [4.78, 5) is 8.90. The molecular formula is C12H18ClN3S. The van der Waals surface area contributed by atoms with Crippen molar-refractivity contribution in [3.8, 4) is 0 Å². The van der Waals surface area contributed by atoms with Gasteiger partial charge < -0.3 is 5.32 Å². The summed E-state index contributed by atoms with van der Waals surface area (Å²) in [7, 11) is 0. The molecule has 17 heavy (non-hydrogen) atoms. The summed E-state index contributed by atoms with van der Waals surface area (Å²) in [6.07, 6.45) is 1.20. The molecule has 0 amide bonds. The predicted molar refractivity (Wildman–Crippen MR) is 75.2 cm³/mol. The van der Waals surface area contributed by atoms with Crippen molar-refractivity contribution >= 4 is 29.2 Å². The van der Waals surface area contributed by atoms with Crippen LogP contribution in [0.1, 0.15) is 37.6 Å². The fraction of sp³-hybridized carbons (Fsp3) is 0.667. The molecule has 1 unspecified atom stereocenters. The Labute approximate surface area is 112 Å². The Kier molecular flexibility index (Phi) is 4.15. The Balaban J connectivity index is 2.24. The number of aromatic nitrogens is 2. The second-order valence-corrected chi connectivity index (χ2v) is 6.21. The van der Waals surface area contributed by atoms with E-state index in [-0.39, 0.29) is 0 Å². The van der Waals surface area contributed by atoms with Crippen LogP contribution in [0.15, 0.2) is 0 Å². The van der Waals surface area contributed by atoms with E-state index >= 15 is 0 Å². The zero-order valence-electron chi connectivity index (χ0n) is 10.5. The number of anilines is 1. The van der Waals surface area contributed by atoms with Crippen molar-refractivity contribution in [2.45, 2.75) is 39.2 Å². The van der Waals surface area contributed by atoms with Crippen LogP contribution in [0.3, 0.4) is 0 Å². The molecular weight excluding hydrogens is 254 g/mol. The van der Waals surface area contributed by atoms with Crippen LogP contribution in [0.5, 0.6) is 0 Å². The average molecular weight is 272 g/mol. The van der Waals surface area contributed by atoms with Crippen molar-refractivity contribution in [3.63, 3.8) is 0 Å². The van der Waals surface area contributed by atoms with Gasteiger partial charge in [0.25, 0.3) is 0 Å². The van der Waals surface area contributed by atoms with Gasteiger partial charge >= 0.3 is 0 Å². The maximum Gasteiger partial charge on any atom is 0.137 e. The minimum absolute atomic E-state index is 0.298. The number of nitrogens with zero attached hydrogens (tertiary/aromatic N) is 2. The van der Waals surface area contributed by atoms with Crippen LogP contribution in [0.25, 0.3) is 0 Å². The molecule has 1 saturated heterocycles. The van der Waals surface area contributed by atoms with E-state index in [4.69, 9.17) is 11.6 Å². The first-order valence-electron chi connectivity index (χ1n) is 5.96. The maximum atomic E-state index is 6.15. The minimum atomic E-state index is 0.298. The summed E-state index contributed by atoms with van der Waals surface area (Å²) in [6, 6.07) is 0.518. The zero-order chi connectivity index (χ0) is 12.4. The number of nitrogens with one attached hydrogen (secondary N) is 1. The van der Waals surface area contributed by atoms with E-state index in [1.165, 1.54) is 12.2 Å². The lowest BCUT2D eigenvalue weighted by molar-refractivity contribution is 0.757. The lowest BCUT2D eigenvalue weighted by Gasteiger charge is -2.16. The van der Waals surface area contributed by atoms with Gasteiger partial charge in [-0.1, -0.05) is 25.4 Å². The van der Waals surface area contributed by atoms with Gasteiger partial charge in [0.1, 0.15) is 16.8 Å². The van der Waals surface area contributed by atoms with Gasteiger partial charge in [0.2, 0.25) is 0 Å². The summed E-state index contributed by atoms with van der Waals surface area (Å²) in [6.45, 7) is 6.13. The third-order valence-corrected chi connectivity index (χ3v) is 4.42. The number of thioether (sulfide) groups is 1. The van der Waals surface area contributed by atoms with Crippen LogP contribution in [0, 0.1) is 6.92 Å². The van der Waals surface area contributed by atoms with Crippen molar-refractivity contribution in [1.82, 2.24) is 9.97 Å². The lowest BCUT2D eigenvalue weighted by atomic mass is 10.2. The first-order chi connectivity index (χ1) is 8.08. The first kappa shape index (κ1) is 13.0. The monoisotopic (exact) mass is 271 g/mol. The van der Waals surface area contributed by atoms with Gasteiger partial charge in [0.05, 0.1) is 0 Å². The molecule has 1 aromatic rings. The van der Waals surface area contributed by atoms with E-state index < -0.39 is 0 Å². The summed E-state index contributed by atoms with van der Waals surface area (Å²) >= 11 is 8.14.